The first-order valence-electron chi connectivity index (χ1n) is 6.98. The summed E-state index contributed by atoms with van der Waals surface area (Å²) in [6, 6.07) is 5.72. The number of morpholine rings is 1. The Kier molecular flexibility index (Phi) is 5.79. The van der Waals surface area contributed by atoms with Crippen LogP contribution in [0.5, 0.6) is 5.75 Å². The molecule has 2 rings (SSSR count). The van der Waals surface area contributed by atoms with Crippen LogP contribution in [0.15, 0.2) is 22.7 Å². The molecule has 0 radical (unpaired) electrons. The molecule has 1 amide bonds. The second kappa shape index (κ2) is 7.60. The van der Waals surface area contributed by atoms with E-state index in [4.69, 9.17) is 14.6 Å². The van der Waals surface area contributed by atoms with Gasteiger partial charge in [0.25, 0.3) is 0 Å². The molecule has 22 heavy (non-hydrogen) atoms. The first-order chi connectivity index (χ1) is 10.5. The molecule has 1 aliphatic rings. The van der Waals surface area contributed by atoms with Crippen LogP contribution in [0.25, 0.3) is 0 Å². The Labute approximate surface area is 137 Å². The van der Waals surface area contributed by atoms with E-state index >= 15 is 0 Å². The Bertz CT molecular complexity index is 563. The van der Waals surface area contributed by atoms with Crippen LogP contribution >= 0.6 is 15.9 Å². The third kappa shape index (κ3) is 4.45. The minimum atomic E-state index is -1.04. The zero-order chi connectivity index (χ0) is 16.1. The van der Waals surface area contributed by atoms with Crippen molar-refractivity contribution in [3.05, 3.63) is 28.2 Å². The molecule has 0 aromatic heterocycles. The number of benzene rings is 1. The lowest BCUT2D eigenvalue weighted by Gasteiger charge is -2.30. The quantitative estimate of drug-likeness (QED) is 0.854. The van der Waals surface area contributed by atoms with E-state index in [9.17, 15) is 9.59 Å². The van der Waals surface area contributed by atoms with Gasteiger partial charge in [-0.3, -0.25) is 4.79 Å². The van der Waals surface area contributed by atoms with Crippen molar-refractivity contribution in [2.24, 2.45) is 0 Å². The number of nitrogens with zero attached hydrogens (tertiary/aromatic N) is 1. The SMILES string of the molecule is Cc1ccc(OCCC(=O)N2CCO[C@H](C(=O)O)C2)c(Br)c1. The van der Waals surface area contributed by atoms with Crippen molar-refractivity contribution in [3.8, 4) is 5.75 Å². The third-order valence-electron chi connectivity index (χ3n) is 3.36. The number of carbonyl (C=O) groups excluding carboxylic acids is 1. The summed E-state index contributed by atoms with van der Waals surface area (Å²) in [5, 5.41) is 8.92. The topological polar surface area (TPSA) is 76.1 Å². The molecule has 0 spiro atoms. The second-order valence-corrected chi connectivity index (χ2v) is 5.92. The van der Waals surface area contributed by atoms with Gasteiger partial charge in [0.15, 0.2) is 6.10 Å². The molecule has 1 saturated heterocycles. The number of ether oxygens (including phenoxy) is 2. The Morgan fingerprint density at radius 3 is 2.95 bits per heavy atom. The fourth-order valence-corrected chi connectivity index (χ4v) is 2.76. The number of rotatable bonds is 5. The smallest absolute Gasteiger partial charge is 0.334 e. The maximum absolute atomic E-state index is 12.1. The predicted octanol–water partition coefficient (Wildman–Crippen LogP) is 1.84. The van der Waals surface area contributed by atoms with E-state index in [0.29, 0.717) is 12.3 Å². The van der Waals surface area contributed by atoms with Crippen LogP contribution in [-0.2, 0) is 14.3 Å². The average molecular weight is 372 g/mol. The van der Waals surface area contributed by atoms with Crippen LogP contribution in [0.2, 0.25) is 0 Å². The summed E-state index contributed by atoms with van der Waals surface area (Å²) in [5.41, 5.74) is 1.11. The highest BCUT2D eigenvalue weighted by molar-refractivity contribution is 9.10. The number of hydrogen-bond donors (Lipinski definition) is 1. The van der Waals surface area contributed by atoms with Gasteiger partial charge in [0, 0.05) is 6.54 Å². The molecular formula is C15H18BrNO5. The highest BCUT2D eigenvalue weighted by Gasteiger charge is 2.28. The molecule has 7 heteroatoms. The Hall–Kier alpha value is -1.60. The first kappa shape index (κ1) is 16.8. The minimum absolute atomic E-state index is 0.0857. The van der Waals surface area contributed by atoms with Gasteiger partial charge in [0.2, 0.25) is 5.91 Å². The molecule has 1 aromatic carbocycles. The number of halogens is 1. The number of aryl methyl sites for hydroxylation is 1. The molecule has 0 bridgehead atoms. The second-order valence-electron chi connectivity index (χ2n) is 5.07. The molecule has 0 unspecified atom stereocenters. The Morgan fingerprint density at radius 1 is 1.50 bits per heavy atom. The van der Waals surface area contributed by atoms with E-state index in [1.54, 1.807) is 0 Å². The maximum Gasteiger partial charge on any atom is 0.334 e. The molecular weight excluding hydrogens is 354 g/mol. The number of carboxylic acid groups (broad SMARTS) is 1. The summed E-state index contributed by atoms with van der Waals surface area (Å²) in [4.78, 5) is 24.5. The highest BCUT2D eigenvalue weighted by Crippen LogP contribution is 2.25. The summed E-state index contributed by atoms with van der Waals surface area (Å²) in [5.74, 6) is -0.487. The Morgan fingerprint density at radius 2 is 2.27 bits per heavy atom. The number of hydrogen-bond acceptors (Lipinski definition) is 4. The monoisotopic (exact) mass is 371 g/mol. The lowest BCUT2D eigenvalue weighted by Crippen LogP contribution is -2.48. The zero-order valence-corrected chi connectivity index (χ0v) is 13.8. The lowest BCUT2D eigenvalue weighted by molar-refractivity contribution is -0.159. The van der Waals surface area contributed by atoms with Gasteiger partial charge in [-0.25, -0.2) is 4.79 Å². The van der Waals surface area contributed by atoms with Crippen LogP contribution < -0.4 is 4.74 Å². The zero-order valence-electron chi connectivity index (χ0n) is 12.3. The van der Waals surface area contributed by atoms with Crippen LogP contribution in [0.4, 0.5) is 0 Å². The van der Waals surface area contributed by atoms with Gasteiger partial charge >= 0.3 is 5.97 Å². The molecule has 1 aliphatic heterocycles. The van der Waals surface area contributed by atoms with Crippen molar-refractivity contribution < 1.29 is 24.2 Å². The molecule has 6 nitrogen and oxygen atoms in total. The van der Waals surface area contributed by atoms with Gasteiger partial charge in [-0.2, -0.15) is 0 Å². The summed E-state index contributed by atoms with van der Waals surface area (Å²) in [6.45, 7) is 2.97. The normalized spacial score (nSPS) is 18.1. The molecule has 120 valence electrons. The van der Waals surface area contributed by atoms with Gasteiger partial charge in [-0.15, -0.1) is 0 Å². The fourth-order valence-electron chi connectivity index (χ4n) is 2.15. The standard InChI is InChI=1S/C15H18BrNO5/c1-10-2-3-12(11(16)8-10)21-6-4-14(18)17-5-7-22-13(9-17)15(19)20/h2-3,8,13H,4-7,9H2,1H3,(H,19,20)/t13-/m0/s1. The van der Waals surface area contributed by atoms with Crippen molar-refractivity contribution in [2.75, 3.05) is 26.3 Å². The lowest BCUT2D eigenvalue weighted by atomic mass is 10.2. The van der Waals surface area contributed by atoms with Crippen LogP contribution in [-0.4, -0.2) is 54.3 Å². The van der Waals surface area contributed by atoms with Crippen molar-refractivity contribution in [3.63, 3.8) is 0 Å². The van der Waals surface area contributed by atoms with E-state index in [1.807, 2.05) is 25.1 Å². The van der Waals surface area contributed by atoms with Crippen LogP contribution in [0, 0.1) is 6.92 Å². The van der Waals surface area contributed by atoms with Crippen molar-refractivity contribution in [1.29, 1.82) is 0 Å². The number of aliphatic carboxylic acids is 1. The third-order valence-corrected chi connectivity index (χ3v) is 3.98. The molecule has 1 heterocycles. The molecule has 0 aliphatic carbocycles. The Balaban J connectivity index is 1.81. The molecule has 1 N–H and O–H groups in total. The first-order valence-corrected chi connectivity index (χ1v) is 7.78. The van der Waals surface area contributed by atoms with E-state index < -0.39 is 12.1 Å². The van der Waals surface area contributed by atoms with Gasteiger partial charge in [0.1, 0.15) is 5.75 Å². The van der Waals surface area contributed by atoms with Gasteiger partial charge in [0.05, 0.1) is 30.7 Å². The van der Waals surface area contributed by atoms with Crippen molar-refractivity contribution in [1.82, 2.24) is 4.90 Å². The number of amides is 1. The fraction of sp³-hybridized carbons (Fsp3) is 0.467. The maximum atomic E-state index is 12.1. The molecule has 1 aromatic rings. The van der Waals surface area contributed by atoms with Crippen molar-refractivity contribution in [2.45, 2.75) is 19.4 Å². The highest BCUT2D eigenvalue weighted by atomic mass is 79.9. The van der Waals surface area contributed by atoms with E-state index in [2.05, 4.69) is 15.9 Å². The van der Waals surface area contributed by atoms with E-state index in [-0.39, 0.29) is 32.1 Å². The van der Waals surface area contributed by atoms with Gasteiger partial charge in [-0.1, -0.05) is 6.07 Å². The molecule has 1 atom stereocenters. The van der Waals surface area contributed by atoms with Gasteiger partial charge in [-0.05, 0) is 40.5 Å². The molecule has 0 saturated carbocycles. The number of carboxylic acids is 1. The van der Waals surface area contributed by atoms with Crippen LogP contribution in [0.3, 0.4) is 0 Å². The summed E-state index contributed by atoms with van der Waals surface area (Å²) in [6.07, 6.45) is -0.739. The number of carbonyl (C=O) groups is 2. The van der Waals surface area contributed by atoms with Crippen molar-refractivity contribution >= 4 is 27.8 Å². The van der Waals surface area contributed by atoms with E-state index in [0.717, 1.165) is 10.0 Å². The van der Waals surface area contributed by atoms with Crippen LogP contribution in [0.1, 0.15) is 12.0 Å². The summed E-state index contributed by atoms with van der Waals surface area (Å²) < 4.78 is 11.5. The van der Waals surface area contributed by atoms with Gasteiger partial charge < -0.3 is 19.5 Å². The van der Waals surface area contributed by atoms with E-state index in [1.165, 1.54) is 4.90 Å². The largest absolute Gasteiger partial charge is 0.492 e. The average Bonchev–Trinajstić information content (AvgIpc) is 2.49. The summed E-state index contributed by atoms with van der Waals surface area (Å²) in [7, 11) is 0. The predicted molar refractivity (Wildman–Crippen MR) is 82.9 cm³/mol. The minimum Gasteiger partial charge on any atom is -0.492 e. The molecule has 1 fully saturated rings. The summed E-state index contributed by atoms with van der Waals surface area (Å²) >= 11 is 3.41.